The highest BCUT2D eigenvalue weighted by molar-refractivity contribution is 5.92. The van der Waals surface area contributed by atoms with Crippen LogP contribution in [0.1, 0.15) is 37.3 Å². The van der Waals surface area contributed by atoms with Crippen molar-refractivity contribution in [2.75, 3.05) is 13.6 Å². The van der Waals surface area contributed by atoms with Gasteiger partial charge in [-0.25, -0.2) is 0 Å². The van der Waals surface area contributed by atoms with Crippen LogP contribution in [-0.2, 0) is 21.4 Å². The molecule has 3 atom stereocenters. The standard InChI is InChI=1S/C20H23NO3/c1-3-18(23)24-17-6-4-5-13-11-16-15-8-7-14(22)12-20(15,19(13)17)9-10-21(16)2/h4-8,15-16H,3,9-12H2,1-2H3/t15-,16+,20-/m0/s1. The second-order valence-electron chi connectivity index (χ2n) is 7.30. The first-order chi connectivity index (χ1) is 11.5. The second-order valence-corrected chi connectivity index (χ2v) is 7.30. The zero-order chi connectivity index (χ0) is 16.9. The summed E-state index contributed by atoms with van der Waals surface area (Å²) in [4.78, 5) is 26.6. The molecule has 0 N–H and O–H groups in total. The molecule has 0 saturated carbocycles. The average molecular weight is 325 g/mol. The third-order valence-corrected chi connectivity index (χ3v) is 6.06. The third kappa shape index (κ3) is 2.16. The van der Waals surface area contributed by atoms with Crippen molar-refractivity contribution in [1.82, 2.24) is 4.90 Å². The van der Waals surface area contributed by atoms with Gasteiger partial charge in [0.25, 0.3) is 0 Å². The van der Waals surface area contributed by atoms with E-state index in [1.165, 1.54) is 5.56 Å². The van der Waals surface area contributed by atoms with Crippen LogP contribution in [0.25, 0.3) is 0 Å². The molecule has 126 valence electrons. The Morgan fingerprint density at radius 1 is 1.42 bits per heavy atom. The molecule has 2 aliphatic carbocycles. The SMILES string of the molecule is CCC(=O)Oc1cccc2c1[C@]13CCN(C)[C@H](C2)[C@@H]1C=CC(=O)C3. The molecule has 1 saturated heterocycles. The molecule has 1 aromatic carbocycles. The van der Waals surface area contributed by atoms with E-state index >= 15 is 0 Å². The number of ether oxygens (including phenoxy) is 1. The monoisotopic (exact) mass is 325 g/mol. The predicted octanol–water partition coefficient (Wildman–Crippen LogP) is 2.65. The number of nitrogens with zero attached hydrogens (tertiary/aromatic N) is 1. The topological polar surface area (TPSA) is 46.6 Å². The van der Waals surface area contributed by atoms with Crippen molar-refractivity contribution >= 4 is 11.8 Å². The zero-order valence-corrected chi connectivity index (χ0v) is 14.2. The molecule has 1 fully saturated rings. The van der Waals surface area contributed by atoms with Gasteiger partial charge in [0.1, 0.15) is 5.75 Å². The van der Waals surface area contributed by atoms with Crippen LogP contribution in [0.4, 0.5) is 0 Å². The number of ketones is 1. The molecule has 0 radical (unpaired) electrons. The average Bonchev–Trinajstić information content (AvgIpc) is 2.57. The molecule has 4 heteroatoms. The largest absolute Gasteiger partial charge is 0.426 e. The molecule has 1 heterocycles. The van der Waals surface area contributed by atoms with E-state index < -0.39 is 0 Å². The quantitative estimate of drug-likeness (QED) is 0.619. The van der Waals surface area contributed by atoms with E-state index in [2.05, 4.69) is 24.1 Å². The lowest BCUT2D eigenvalue weighted by Gasteiger charge is -2.56. The summed E-state index contributed by atoms with van der Waals surface area (Å²) in [6.07, 6.45) is 6.59. The summed E-state index contributed by atoms with van der Waals surface area (Å²) < 4.78 is 5.67. The van der Waals surface area contributed by atoms with Crippen molar-refractivity contribution in [3.05, 3.63) is 41.5 Å². The Morgan fingerprint density at radius 2 is 2.25 bits per heavy atom. The highest BCUT2D eigenvalue weighted by Crippen LogP contribution is 2.55. The number of fused-ring (bicyclic) bond motifs is 1. The van der Waals surface area contributed by atoms with Gasteiger partial charge in [-0.1, -0.05) is 25.1 Å². The van der Waals surface area contributed by atoms with Gasteiger partial charge in [0.15, 0.2) is 5.78 Å². The van der Waals surface area contributed by atoms with Crippen LogP contribution < -0.4 is 4.74 Å². The third-order valence-electron chi connectivity index (χ3n) is 6.06. The van der Waals surface area contributed by atoms with Gasteiger partial charge in [-0.15, -0.1) is 0 Å². The number of hydrogen-bond donors (Lipinski definition) is 0. The van der Waals surface area contributed by atoms with E-state index in [0.29, 0.717) is 30.6 Å². The van der Waals surface area contributed by atoms with E-state index in [0.717, 1.165) is 24.9 Å². The van der Waals surface area contributed by atoms with Gasteiger partial charge in [0.2, 0.25) is 0 Å². The lowest BCUT2D eigenvalue weighted by atomic mass is 9.54. The number of piperidine rings is 1. The van der Waals surface area contributed by atoms with Crippen LogP contribution in [0, 0.1) is 5.92 Å². The highest BCUT2D eigenvalue weighted by Gasteiger charge is 2.54. The maximum absolute atomic E-state index is 12.3. The lowest BCUT2D eigenvalue weighted by Crippen LogP contribution is -2.59. The van der Waals surface area contributed by atoms with Crippen LogP contribution in [-0.4, -0.2) is 36.3 Å². The molecule has 1 aromatic rings. The predicted molar refractivity (Wildman–Crippen MR) is 91.0 cm³/mol. The molecule has 24 heavy (non-hydrogen) atoms. The van der Waals surface area contributed by atoms with Crippen LogP contribution >= 0.6 is 0 Å². The normalized spacial score (nSPS) is 31.3. The van der Waals surface area contributed by atoms with E-state index in [1.807, 2.05) is 12.1 Å². The first-order valence-corrected chi connectivity index (χ1v) is 8.79. The number of hydrogen-bond acceptors (Lipinski definition) is 4. The fourth-order valence-electron chi connectivity index (χ4n) is 4.93. The molecule has 1 aliphatic heterocycles. The number of allylic oxidation sites excluding steroid dienone is 1. The van der Waals surface area contributed by atoms with Gasteiger partial charge in [-0.05, 0) is 44.1 Å². The summed E-state index contributed by atoms with van der Waals surface area (Å²) in [5.74, 6) is 0.932. The van der Waals surface area contributed by atoms with Crippen molar-refractivity contribution in [3.8, 4) is 5.75 Å². The number of esters is 1. The Morgan fingerprint density at radius 3 is 3.04 bits per heavy atom. The number of likely N-dealkylation sites (N-methyl/N-ethyl adjacent to an activating group) is 1. The van der Waals surface area contributed by atoms with E-state index in [4.69, 9.17) is 4.74 Å². The summed E-state index contributed by atoms with van der Waals surface area (Å²) in [5.41, 5.74) is 2.12. The van der Waals surface area contributed by atoms with Crippen molar-refractivity contribution in [2.24, 2.45) is 5.92 Å². The summed E-state index contributed by atoms with van der Waals surface area (Å²) in [6.45, 7) is 2.77. The van der Waals surface area contributed by atoms with Gasteiger partial charge in [-0.2, -0.15) is 0 Å². The Hall–Kier alpha value is -1.94. The lowest BCUT2D eigenvalue weighted by molar-refractivity contribution is -0.134. The van der Waals surface area contributed by atoms with Crippen LogP contribution in [0.3, 0.4) is 0 Å². The Labute approximate surface area is 142 Å². The molecular formula is C20H23NO3. The number of rotatable bonds is 2. The number of likely N-dealkylation sites (tertiary alicyclic amines) is 1. The molecule has 0 spiro atoms. The van der Waals surface area contributed by atoms with Gasteiger partial charge in [0, 0.05) is 35.8 Å². The highest BCUT2D eigenvalue weighted by atomic mass is 16.5. The van der Waals surface area contributed by atoms with Gasteiger partial charge in [0.05, 0.1) is 0 Å². The smallest absolute Gasteiger partial charge is 0.310 e. The summed E-state index contributed by atoms with van der Waals surface area (Å²) in [5, 5.41) is 0. The molecule has 3 aliphatic rings. The van der Waals surface area contributed by atoms with Crippen LogP contribution in [0.5, 0.6) is 5.75 Å². The summed E-state index contributed by atoms with van der Waals surface area (Å²) in [6, 6.07) is 6.39. The molecule has 0 amide bonds. The minimum absolute atomic E-state index is 0.180. The molecular weight excluding hydrogens is 302 g/mol. The number of carbonyl (C=O) groups excluding carboxylic acids is 2. The fraction of sp³-hybridized carbons (Fsp3) is 0.500. The first-order valence-electron chi connectivity index (χ1n) is 8.79. The van der Waals surface area contributed by atoms with Crippen LogP contribution in [0.15, 0.2) is 30.4 Å². The maximum Gasteiger partial charge on any atom is 0.310 e. The van der Waals surface area contributed by atoms with E-state index in [1.54, 1.807) is 13.0 Å². The van der Waals surface area contributed by atoms with Gasteiger partial charge in [-0.3, -0.25) is 9.59 Å². The van der Waals surface area contributed by atoms with Crippen molar-refractivity contribution in [1.29, 1.82) is 0 Å². The molecule has 4 nitrogen and oxygen atoms in total. The molecule has 0 unspecified atom stereocenters. The van der Waals surface area contributed by atoms with Crippen molar-refractivity contribution < 1.29 is 14.3 Å². The first kappa shape index (κ1) is 15.6. The van der Waals surface area contributed by atoms with Gasteiger partial charge < -0.3 is 9.64 Å². The minimum atomic E-state index is -0.221. The maximum atomic E-state index is 12.3. The Kier molecular flexibility index (Phi) is 3.61. The summed E-state index contributed by atoms with van der Waals surface area (Å²) >= 11 is 0. The molecule has 2 bridgehead atoms. The molecule has 0 aromatic heterocycles. The zero-order valence-electron chi connectivity index (χ0n) is 14.2. The number of carbonyl (C=O) groups is 2. The van der Waals surface area contributed by atoms with E-state index in [9.17, 15) is 9.59 Å². The second kappa shape index (κ2) is 5.55. The van der Waals surface area contributed by atoms with E-state index in [-0.39, 0.29) is 17.2 Å². The van der Waals surface area contributed by atoms with Crippen molar-refractivity contribution in [2.45, 2.75) is 44.1 Å². The van der Waals surface area contributed by atoms with Crippen LogP contribution in [0.2, 0.25) is 0 Å². The fourth-order valence-corrected chi connectivity index (χ4v) is 4.93. The molecule has 4 rings (SSSR count). The number of benzene rings is 1. The van der Waals surface area contributed by atoms with Crippen molar-refractivity contribution in [3.63, 3.8) is 0 Å². The summed E-state index contributed by atoms with van der Waals surface area (Å²) in [7, 11) is 2.17. The minimum Gasteiger partial charge on any atom is -0.426 e. The Bertz CT molecular complexity index is 738. The van der Waals surface area contributed by atoms with Gasteiger partial charge >= 0.3 is 5.97 Å². The Balaban J connectivity index is 1.90.